The Hall–Kier alpha value is -2.95. The number of benzene rings is 2. The quantitative estimate of drug-likeness (QED) is 0.537. The van der Waals surface area contributed by atoms with E-state index in [1.165, 1.54) is 13.2 Å². The van der Waals surface area contributed by atoms with Gasteiger partial charge in [0.25, 0.3) is 0 Å². The van der Waals surface area contributed by atoms with Crippen molar-refractivity contribution in [3.63, 3.8) is 0 Å². The number of ether oxygens (including phenoxy) is 1. The van der Waals surface area contributed by atoms with Crippen molar-refractivity contribution in [1.29, 1.82) is 0 Å². The number of hydrogen-bond donors (Lipinski definition) is 3. The highest BCUT2D eigenvalue weighted by Crippen LogP contribution is 2.29. The summed E-state index contributed by atoms with van der Waals surface area (Å²) in [5.41, 5.74) is 1.38. The van der Waals surface area contributed by atoms with Crippen LogP contribution >= 0.6 is 11.6 Å². The SMILES string of the molecule is COc1cc(Nc2nc(Nc3ccc(C)c(S(N)(=O)=O)c3)ncc2F)ccc1Cl. The largest absolute Gasteiger partial charge is 0.495 e. The van der Waals surface area contributed by atoms with E-state index in [1.807, 2.05) is 0 Å². The van der Waals surface area contributed by atoms with Gasteiger partial charge in [-0.25, -0.2) is 22.9 Å². The number of rotatable bonds is 6. The summed E-state index contributed by atoms with van der Waals surface area (Å²) in [6, 6.07) is 9.41. The van der Waals surface area contributed by atoms with Crippen LogP contribution in [0.15, 0.2) is 47.5 Å². The fraction of sp³-hybridized carbons (Fsp3) is 0.111. The van der Waals surface area contributed by atoms with E-state index in [2.05, 4.69) is 20.6 Å². The molecule has 0 aliphatic rings. The maximum absolute atomic E-state index is 14.2. The molecule has 1 heterocycles. The lowest BCUT2D eigenvalue weighted by Gasteiger charge is -2.12. The monoisotopic (exact) mass is 437 g/mol. The van der Waals surface area contributed by atoms with Crippen LogP contribution in [-0.2, 0) is 10.0 Å². The predicted molar refractivity (Wildman–Crippen MR) is 109 cm³/mol. The van der Waals surface area contributed by atoms with Crippen LogP contribution in [0.4, 0.5) is 27.5 Å². The van der Waals surface area contributed by atoms with E-state index in [0.29, 0.717) is 27.7 Å². The summed E-state index contributed by atoms with van der Waals surface area (Å²) < 4.78 is 42.6. The third-order valence-corrected chi connectivity index (χ3v) is 5.27. The minimum Gasteiger partial charge on any atom is -0.495 e. The van der Waals surface area contributed by atoms with Crippen LogP contribution in [0.3, 0.4) is 0 Å². The van der Waals surface area contributed by atoms with E-state index in [0.717, 1.165) is 6.20 Å². The molecule has 0 bridgehead atoms. The van der Waals surface area contributed by atoms with Crippen molar-refractivity contribution in [2.45, 2.75) is 11.8 Å². The van der Waals surface area contributed by atoms with Crippen molar-refractivity contribution in [2.75, 3.05) is 17.7 Å². The molecule has 0 amide bonds. The summed E-state index contributed by atoms with van der Waals surface area (Å²) in [4.78, 5) is 7.94. The first-order valence-corrected chi connectivity index (χ1v) is 10.1. The number of halogens is 2. The van der Waals surface area contributed by atoms with Gasteiger partial charge in [0, 0.05) is 17.4 Å². The molecule has 29 heavy (non-hydrogen) atoms. The van der Waals surface area contributed by atoms with E-state index < -0.39 is 15.8 Å². The second-order valence-corrected chi connectivity index (χ2v) is 7.95. The topological polar surface area (TPSA) is 119 Å². The summed E-state index contributed by atoms with van der Waals surface area (Å²) in [5, 5.41) is 11.3. The molecule has 0 saturated heterocycles. The van der Waals surface area contributed by atoms with Crippen LogP contribution in [-0.4, -0.2) is 25.5 Å². The zero-order valence-electron chi connectivity index (χ0n) is 15.4. The van der Waals surface area contributed by atoms with Crippen molar-refractivity contribution in [3.8, 4) is 5.75 Å². The Labute approximate surface area is 171 Å². The molecule has 152 valence electrons. The number of aromatic nitrogens is 2. The number of hydrogen-bond acceptors (Lipinski definition) is 7. The van der Waals surface area contributed by atoms with E-state index in [9.17, 15) is 12.8 Å². The molecule has 2 aromatic carbocycles. The van der Waals surface area contributed by atoms with Crippen LogP contribution in [0, 0.1) is 12.7 Å². The van der Waals surface area contributed by atoms with Gasteiger partial charge in [-0.3, -0.25) is 0 Å². The lowest BCUT2D eigenvalue weighted by atomic mass is 10.2. The van der Waals surface area contributed by atoms with Gasteiger partial charge in [0.1, 0.15) is 5.75 Å². The highest BCUT2D eigenvalue weighted by molar-refractivity contribution is 7.89. The van der Waals surface area contributed by atoms with E-state index in [-0.39, 0.29) is 16.7 Å². The first-order chi connectivity index (χ1) is 13.7. The second-order valence-electron chi connectivity index (χ2n) is 6.01. The van der Waals surface area contributed by atoms with Crippen LogP contribution in [0.25, 0.3) is 0 Å². The van der Waals surface area contributed by atoms with Gasteiger partial charge >= 0.3 is 0 Å². The fourth-order valence-electron chi connectivity index (χ4n) is 2.50. The molecule has 0 radical (unpaired) electrons. The first kappa shape index (κ1) is 20.8. The van der Waals surface area contributed by atoms with Gasteiger partial charge in [-0.05, 0) is 36.8 Å². The molecular formula is C18H17ClFN5O3S. The Morgan fingerprint density at radius 2 is 1.83 bits per heavy atom. The molecule has 3 rings (SSSR count). The zero-order valence-corrected chi connectivity index (χ0v) is 17.0. The predicted octanol–water partition coefficient (Wildman–Crippen LogP) is 3.72. The smallest absolute Gasteiger partial charge is 0.238 e. The lowest BCUT2D eigenvalue weighted by molar-refractivity contribution is 0.415. The Balaban J connectivity index is 1.88. The maximum Gasteiger partial charge on any atom is 0.238 e. The average Bonchev–Trinajstić information content (AvgIpc) is 2.66. The number of primary sulfonamides is 1. The Morgan fingerprint density at radius 3 is 2.52 bits per heavy atom. The van der Waals surface area contributed by atoms with Crippen molar-refractivity contribution >= 4 is 44.8 Å². The standard InChI is InChI=1S/C18H17ClFN5O3S/c1-10-3-4-12(8-16(10)29(21,26)27)24-18-22-9-14(20)17(25-18)23-11-5-6-13(19)15(7-11)28-2/h3-9H,1-2H3,(H2,21,26,27)(H2,22,23,24,25). The summed E-state index contributed by atoms with van der Waals surface area (Å²) in [6.45, 7) is 1.63. The third kappa shape index (κ3) is 4.91. The van der Waals surface area contributed by atoms with Gasteiger partial charge < -0.3 is 15.4 Å². The van der Waals surface area contributed by atoms with Crippen molar-refractivity contribution < 1.29 is 17.5 Å². The molecular weight excluding hydrogens is 421 g/mol. The molecule has 0 unspecified atom stereocenters. The van der Waals surface area contributed by atoms with Gasteiger partial charge in [0.15, 0.2) is 11.6 Å². The Kier molecular flexibility index (Phi) is 5.87. The van der Waals surface area contributed by atoms with E-state index in [1.54, 1.807) is 37.3 Å². The summed E-state index contributed by atoms with van der Waals surface area (Å²) in [6.07, 6.45) is 0.986. The molecule has 11 heteroatoms. The summed E-state index contributed by atoms with van der Waals surface area (Å²) >= 11 is 5.99. The normalized spacial score (nSPS) is 11.2. The number of nitrogens with two attached hydrogens (primary N) is 1. The van der Waals surface area contributed by atoms with Crippen LogP contribution in [0.1, 0.15) is 5.56 Å². The number of methoxy groups -OCH3 is 1. The highest BCUT2D eigenvalue weighted by Gasteiger charge is 2.14. The van der Waals surface area contributed by atoms with Crippen molar-refractivity contribution in [3.05, 3.63) is 59.0 Å². The van der Waals surface area contributed by atoms with Crippen molar-refractivity contribution in [1.82, 2.24) is 9.97 Å². The maximum atomic E-state index is 14.2. The van der Waals surface area contributed by atoms with Gasteiger partial charge in [-0.15, -0.1) is 0 Å². The Morgan fingerprint density at radius 1 is 1.14 bits per heavy atom. The Bertz CT molecular complexity index is 1170. The number of aryl methyl sites for hydroxylation is 1. The zero-order chi connectivity index (χ0) is 21.2. The molecule has 0 aliphatic heterocycles. The summed E-state index contributed by atoms with van der Waals surface area (Å²) in [7, 11) is -2.42. The van der Waals surface area contributed by atoms with E-state index >= 15 is 0 Å². The van der Waals surface area contributed by atoms with E-state index in [4.69, 9.17) is 21.5 Å². The molecule has 0 atom stereocenters. The van der Waals surface area contributed by atoms with Gasteiger partial charge in [0.2, 0.25) is 16.0 Å². The average molecular weight is 438 g/mol. The molecule has 0 aliphatic carbocycles. The highest BCUT2D eigenvalue weighted by atomic mass is 35.5. The number of sulfonamides is 1. The number of anilines is 4. The summed E-state index contributed by atoms with van der Waals surface area (Å²) in [5.74, 6) is -0.303. The minimum atomic E-state index is -3.89. The third-order valence-electron chi connectivity index (χ3n) is 3.91. The first-order valence-electron chi connectivity index (χ1n) is 8.21. The molecule has 1 aromatic heterocycles. The lowest BCUT2D eigenvalue weighted by Crippen LogP contribution is -2.14. The molecule has 0 spiro atoms. The molecule has 4 N–H and O–H groups in total. The second kappa shape index (κ2) is 8.19. The van der Waals surface area contributed by atoms with Crippen LogP contribution in [0.2, 0.25) is 5.02 Å². The van der Waals surface area contributed by atoms with Gasteiger partial charge in [0.05, 0.1) is 23.2 Å². The van der Waals surface area contributed by atoms with Crippen molar-refractivity contribution in [2.24, 2.45) is 5.14 Å². The van der Waals surface area contributed by atoms with Gasteiger partial charge in [-0.2, -0.15) is 4.98 Å². The molecule has 0 fully saturated rings. The van der Waals surface area contributed by atoms with Crippen LogP contribution in [0.5, 0.6) is 5.75 Å². The number of nitrogens with one attached hydrogen (secondary N) is 2. The fourth-order valence-corrected chi connectivity index (χ4v) is 3.51. The number of nitrogens with zero attached hydrogens (tertiary/aromatic N) is 2. The minimum absolute atomic E-state index is 0.0313. The molecule has 3 aromatic rings. The molecule has 8 nitrogen and oxygen atoms in total. The van der Waals surface area contributed by atoms with Gasteiger partial charge in [-0.1, -0.05) is 17.7 Å². The van der Waals surface area contributed by atoms with Crippen LogP contribution < -0.4 is 20.5 Å². The molecule has 0 saturated carbocycles.